The Hall–Kier alpha value is -2.11. The fourth-order valence-electron chi connectivity index (χ4n) is 1.29. The zero-order valence-corrected chi connectivity index (χ0v) is 9.77. The average molecular weight is 237 g/mol. The summed E-state index contributed by atoms with van der Waals surface area (Å²) < 4.78 is 4.57. The molecule has 0 saturated carbocycles. The third-order valence-electron chi connectivity index (χ3n) is 2.22. The van der Waals surface area contributed by atoms with E-state index in [1.807, 2.05) is 0 Å². The molecule has 17 heavy (non-hydrogen) atoms. The maximum atomic E-state index is 11.8. The second-order valence-corrected chi connectivity index (χ2v) is 3.46. The van der Waals surface area contributed by atoms with Crippen LogP contribution in [-0.2, 0) is 9.53 Å². The number of aromatic nitrogens is 1. The van der Waals surface area contributed by atoms with E-state index in [4.69, 9.17) is 5.73 Å². The molecule has 0 fully saturated rings. The highest BCUT2D eigenvalue weighted by Crippen LogP contribution is 2.05. The smallest absolute Gasteiger partial charge is 0.328 e. The summed E-state index contributed by atoms with van der Waals surface area (Å²) in [4.78, 5) is 26.9. The Labute approximate surface area is 99.2 Å². The summed E-state index contributed by atoms with van der Waals surface area (Å²) in [6.07, 6.45) is 3.28. The van der Waals surface area contributed by atoms with Crippen LogP contribution in [0, 0.1) is 0 Å². The Kier molecular flexibility index (Phi) is 4.45. The maximum absolute atomic E-state index is 11.8. The first kappa shape index (κ1) is 13.0. The molecule has 0 aliphatic carbocycles. The van der Waals surface area contributed by atoms with Crippen molar-refractivity contribution in [2.45, 2.75) is 19.4 Å². The number of pyridine rings is 1. The average Bonchev–Trinajstić information content (AvgIpc) is 2.34. The summed E-state index contributed by atoms with van der Waals surface area (Å²) in [5.41, 5.74) is 6.22. The van der Waals surface area contributed by atoms with Gasteiger partial charge >= 0.3 is 5.97 Å². The minimum absolute atomic E-state index is 0.312. The molecule has 3 N–H and O–H groups in total. The van der Waals surface area contributed by atoms with Gasteiger partial charge in [0, 0.05) is 12.4 Å². The number of hydrogen-bond donors (Lipinski definition) is 2. The van der Waals surface area contributed by atoms with Crippen LogP contribution in [0.5, 0.6) is 0 Å². The SMILES string of the molecule is CCC(NC(=O)c1cncc(N)c1)C(=O)OC. The number of hydrogen-bond acceptors (Lipinski definition) is 5. The number of nitrogen functional groups attached to an aromatic ring is 1. The molecule has 1 atom stereocenters. The minimum atomic E-state index is -0.658. The fourth-order valence-corrected chi connectivity index (χ4v) is 1.29. The summed E-state index contributed by atoms with van der Waals surface area (Å²) in [6, 6.07) is 0.834. The summed E-state index contributed by atoms with van der Waals surface area (Å²) in [6.45, 7) is 1.78. The van der Waals surface area contributed by atoms with Gasteiger partial charge in [0.15, 0.2) is 0 Å². The number of methoxy groups -OCH3 is 1. The second kappa shape index (κ2) is 5.83. The van der Waals surface area contributed by atoms with Crippen LogP contribution in [0.2, 0.25) is 0 Å². The van der Waals surface area contributed by atoms with Crippen molar-refractivity contribution in [1.82, 2.24) is 10.3 Å². The molecule has 1 amide bonds. The van der Waals surface area contributed by atoms with Crippen molar-refractivity contribution in [3.05, 3.63) is 24.0 Å². The Morgan fingerprint density at radius 2 is 2.24 bits per heavy atom. The summed E-state index contributed by atoms with van der Waals surface area (Å²) in [5, 5.41) is 2.55. The number of carbonyl (C=O) groups is 2. The molecule has 0 spiro atoms. The number of nitrogens with zero attached hydrogens (tertiary/aromatic N) is 1. The van der Waals surface area contributed by atoms with Crippen LogP contribution in [0.1, 0.15) is 23.7 Å². The number of amides is 1. The lowest BCUT2D eigenvalue weighted by atomic mass is 10.2. The molecule has 1 aromatic rings. The van der Waals surface area contributed by atoms with Gasteiger partial charge in [0.05, 0.1) is 18.4 Å². The third-order valence-corrected chi connectivity index (χ3v) is 2.22. The third kappa shape index (κ3) is 3.44. The van der Waals surface area contributed by atoms with Gasteiger partial charge in [0.2, 0.25) is 0 Å². The fraction of sp³-hybridized carbons (Fsp3) is 0.364. The number of anilines is 1. The molecule has 1 aromatic heterocycles. The van der Waals surface area contributed by atoms with Crippen molar-refractivity contribution in [3.8, 4) is 0 Å². The first-order valence-electron chi connectivity index (χ1n) is 5.17. The molecule has 0 radical (unpaired) electrons. The van der Waals surface area contributed by atoms with E-state index in [1.165, 1.54) is 25.6 Å². The predicted octanol–water partition coefficient (Wildman–Crippen LogP) is 0.345. The van der Waals surface area contributed by atoms with E-state index >= 15 is 0 Å². The van der Waals surface area contributed by atoms with Crippen molar-refractivity contribution in [2.24, 2.45) is 0 Å². The summed E-state index contributed by atoms with van der Waals surface area (Å²) >= 11 is 0. The molecule has 0 aromatic carbocycles. The van der Waals surface area contributed by atoms with Crippen LogP contribution in [0.15, 0.2) is 18.5 Å². The van der Waals surface area contributed by atoms with Gasteiger partial charge in [-0.2, -0.15) is 0 Å². The lowest BCUT2D eigenvalue weighted by molar-refractivity contribution is -0.142. The standard InChI is InChI=1S/C11H15N3O3/c1-3-9(11(16)17-2)14-10(15)7-4-8(12)6-13-5-7/h4-6,9H,3,12H2,1-2H3,(H,14,15). The first-order chi connectivity index (χ1) is 8.08. The number of ether oxygens (including phenoxy) is 1. The van der Waals surface area contributed by atoms with E-state index < -0.39 is 17.9 Å². The van der Waals surface area contributed by atoms with Gasteiger partial charge in [-0.15, -0.1) is 0 Å². The predicted molar refractivity (Wildman–Crippen MR) is 62.2 cm³/mol. The highest BCUT2D eigenvalue weighted by Gasteiger charge is 2.20. The quantitative estimate of drug-likeness (QED) is 0.736. The molecule has 0 aliphatic heterocycles. The highest BCUT2D eigenvalue weighted by molar-refractivity contribution is 5.97. The summed E-state index contributed by atoms with van der Waals surface area (Å²) in [7, 11) is 1.28. The molecule has 0 bridgehead atoms. The highest BCUT2D eigenvalue weighted by atomic mass is 16.5. The molecular weight excluding hydrogens is 222 g/mol. The molecular formula is C11H15N3O3. The van der Waals surface area contributed by atoms with E-state index in [1.54, 1.807) is 6.92 Å². The monoisotopic (exact) mass is 237 g/mol. The van der Waals surface area contributed by atoms with Gasteiger partial charge in [-0.1, -0.05) is 6.92 Å². The lowest BCUT2D eigenvalue weighted by Crippen LogP contribution is -2.41. The van der Waals surface area contributed by atoms with Crippen molar-refractivity contribution in [2.75, 3.05) is 12.8 Å². The molecule has 6 nitrogen and oxygen atoms in total. The van der Waals surface area contributed by atoms with E-state index in [2.05, 4.69) is 15.0 Å². The zero-order valence-electron chi connectivity index (χ0n) is 9.77. The van der Waals surface area contributed by atoms with Crippen molar-refractivity contribution < 1.29 is 14.3 Å². The van der Waals surface area contributed by atoms with Gasteiger partial charge in [0.25, 0.3) is 5.91 Å². The van der Waals surface area contributed by atoms with Crippen molar-refractivity contribution in [1.29, 1.82) is 0 Å². The molecule has 0 aliphatic rings. The Balaban J connectivity index is 2.74. The van der Waals surface area contributed by atoms with Crippen molar-refractivity contribution >= 4 is 17.6 Å². The molecule has 1 heterocycles. The Morgan fingerprint density at radius 3 is 2.76 bits per heavy atom. The zero-order chi connectivity index (χ0) is 12.8. The number of nitrogens with two attached hydrogens (primary N) is 1. The molecule has 92 valence electrons. The van der Waals surface area contributed by atoms with Gasteiger partial charge < -0.3 is 15.8 Å². The minimum Gasteiger partial charge on any atom is -0.467 e. The van der Waals surface area contributed by atoms with E-state index in [0.717, 1.165) is 0 Å². The van der Waals surface area contributed by atoms with Crippen LogP contribution in [0.4, 0.5) is 5.69 Å². The lowest BCUT2D eigenvalue weighted by Gasteiger charge is -2.14. The van der Waals surface area contributed by atoms with Crippen LogP contribution in [-0.4, -0.2) is 30.0 Å². The topological polar surface area (TPSA) is 94.3 Å². The maximum Gasteiger partial charge on any atom is 0.328 e. The number of carbonyl (C=O) groups excluding carboxylic acids is 2. The second-order valence-electron chi connectivity index (χ2n) is 3.46. The Bertz CT molecular complexity index is 420. The molecule has 6 heteroatoms. The van der Waals surface area contributed by atoms with Crippen molar-refractivity contribution in [3.63, 3.8) is 0 Å². The van der Waals surface area contributed by atoms with Crippen LogP contribution in [0.3, 0.4) is 0 Å². The Morgan fingerprint density at radius 1 is 1.53 bits per heavy atom. The largest absolute Gasteiger partial charge is 0.467 e. The van der Waals surface area contributed by atoms with E-state index in [9.17, 15) is 9.59 Å². The van der Waals surface area contributed by atoms with Crippen LogP contribution in [0.25, 0.3) is 0 Å². The van der Waals surface area contributed by atoms with Gasteiger partial charge in [-0.25, -0.2) is 4.79 Å². The van der Waals surface area contributed by atoms with E-state index in [-0.39, 0.29) is 0 Å². The normalized spacial score (nSPS) is 11.6. The first-order valence-corrected chi connectivity index (χ1v) is 5.17. The van der Waals surface area contributed by atoms with Gasteiger partial charge in [0.1, 0.15) is 6.04 Å². The van der Waals surface area contributed by atoms with Gasteiger partial charge in [-0.3, -0.25) is 9.78 Å². The number of nitrogens with one attached hydrogen (secondary N) is 1. The number of esters is 1. The molecule has 1 rings (SSSR count). The molecule has 0 saturated heterocycles. The molecule has 1 unspecified atom stereocenters. The van der Waals surface area contributed by atoms with Crippen LogP contribution >= 0.6 is 0 Å². The summed E-state index contributed by atoms with van der Waals surface area (Å²) in [5.74, 6) is -0.875. The van der Waals surface area contributed by atoms with Crippen LogP contribution < -0.4 is 11.1 Å². The number of rotatable bonds is 4. The van der Waals surface area contributed by atoms with Gasteiger partial charge in [-0.05, 0) is 12.5 Å². The van der Waals surface area contributed by atoms with E-state index in [0.29, 0.717) is 17.7 Å².